The van der Waals surface area contributed by atoms with Crippen LogP contribution < -0.4 is 0 Å². The van der Waals surface area contributed by atoms with Crippen LogP contribution in [0.25, 0.3) is 268 Å². The lowest BCUT2D eigenvalue weighted by Gasteiger charge is -2.14. The van der Waals surface area contributed by atoms with Gasteiger partial charge in [0.2, 0.25) is 0 Å². The highest BCUT2D eigenvalue weighted by molar-refractivity contribution is 6.17. The lowest BCUT2D eigenvalue weighted by atomic mass is 9.93. The van der Waals surface area contributed by atoms with Crippen molar-refractivity contribution >= 4 is 65.0 Å². The molecule has 0 unspecified atom stereocenters. The fourth-order valence-corrected chi connectivity index (χ4v) is 19.7. The molecule has 0 N–H and O–H groups in total. The molecule has 0 saturated carbocycles. The predicted molar refractivity (Wildman–Crippen MR) is 611 cm³/mol. The molecule has 0 spiro atoms. The second-order valence-corrected chi connectivity index (χ2v) is 36.7. The summed E-state index contributed by atoms with van der Waals surface area (Å²) in [5, 5.41) is 10.7. The van der Waals surface area contributed by atoms with Gasteiger partial charge in [-0.25, -0.2) is 49.8 Å². The summed E-state index contributed by atoms with van der Waals surface area (Å²) in [5.41, 5.74) is 34.9. The quantitative estimate of drug-likeness (QED) is 0.0740. The molecule has 10 heterocycles. The average molecular weight is 1920 g/mol. The van der Waals surface area contributed by atoms with E-state index in [1.54, 1.807) is 43.4 Å². The van der Waals surface area contributed by atoms with E-state index in [1.165, 1.54) is 65.2 Å². The molecule has 702 valence electrons. The summed E-state index contributed by atoms with van der Waals surface area (Å²) in [4.78, 5) is 66.5. The molecule has 0 saturated heterocycles. The normalized spacial score (nSPS) is 11.2. The highest BCUT2D eigenvalue weighted by Gasteiger charge is 2.22. The molecule has 27 rings (SSSR count). The summed E-state index contributed by atoms with van der Waals surface area (Å²) in [5.74, 6) is 3.23. The molecule has 0 atom stereocenters. The van der Waals surface area contributed by atoms with Crippen molar-refractivity contribution in [2.24, 2.45) is 0 Å². The van der Waals surface area contributed by atoms with Crippen LogP contribution in [-0.4, -0.2) is 69.8 Å². The third kappa shape index (κ3) is 19.0. The Bertz CT molecular complexity index is 8520. The van der Waals surface area contributed by atoms with Crippen molar-refractivity contribution in [2.75, 3.05) is 0 Å². The zero-order valence-electron chi connectivity index (χ0n) is 81.1. The predicted octanol–water partition coefficient (Wildman–Crippen LogP) is 33.5. The van der Waals surface area contributed by atoms with Gasteiger partial charge < -0.3 is 0 Å². The van der Waals surface area contributed by atoms with E-state index in [4.69, 9.17) is 49.8 Å². The minimum Gasteiger partial charge on any atom is -0.265 e. The molecule has 0 aliphatic heterocycles. The Morgan fingerprint density at radius 3 is 0.660 bits per heavy atom. The second-order valence-electron chi connectivity index (χ2n) is 36.7. The molecule has 0 amide bonds. The summed E-state index contributed by atoms with van der Waals surface area (Å²) in [6, 6.07) is 168. The van der Waals surface area contributed by atoms with Gasteiger partial charge in [0.05, 0.1) is 56.4 Å². The summed E-state index contributed by atoms with van der Waals surface area (Å²) in [6.07, 6.45) is 14.2. The van der Waals surface area contributed by atoms with Gasteiger partial charge in [-0.2, -0.15) is 0 Å². The molecule has 10 aromatic heterocycles. The molecule has 14 heteroatoms. The molecule has 14 nitrogen and oxygen atoms in total. The van der Waals surface area contributed by atoms with E-state index in [9.17, 15) is 0 Å². The summed E-state index contributed by atoms with van der Waals surface area (Å²) >= 11 is 0. The number of benzene rings is 17. The number of nitrogens with zero attached hydrogens (tertiary/aromatic N) is 14. The number of aromatic nitrogens is 14. The summed E-state index contributed by atoms with van der Waals surface area (Å²) in [7, 11) is 0. The molecule has 0 aliphatic rings. The van der Waals surface area contributed by atoms with Crippen LogP contribution in [0.1, 0.15) is 0 Å². The third-order valence-corrected chi connectivity index (χ3v) is 27.3. The van der Waals surface area contributed by atoms with Gasteiger partial charge >= 0.3 is 0 Å². The summed E-state index contributed by atoms with van der Waals surface area (Å²) in [6.45, 7) is 0. The fourth-order valence-electron chi connectivity index (χ4n) is 19.7. The number of fused-ring (bicyclic) bond motifs is 9. The maximum Gasteiger partial charge on any atom is 0.164 e. The van der Waals surface area contributed by atoms with Crippen LogP contribution in [0.15, 0.2) is 535 Å². The van der Waals surface area contributed by atoms with Crippen LogP contribution >= 0.6 is 0 Å². The standard InChI is InChI=1S/C46H30N4.2C45H29N5/c1-4-13-35(14-5-1)42-30-40(43-39-19-11-10-12-33(39)28-29-41(43)47-42)34-24-20-31(21-25-34)32-22-26-38(27-23-32)46-49-44(36-15-6-2-7-16-36)48-45(50-46)37-17-8-3-9-18-37;1-2-9-34(10-3-1)41-26-39(44-38-13-5-4-8-32(38)22-23-40(44)48-41)33-18-14-30(15-19-33)31-16-20-35(21-17-31)42-27-43(36-11-6-24-46-28-36)50-45(49-42)37-12-7-25-47-29-37;1-2-7-34(8-3-1)41-28-39(44-38-9-5-4-6-32(38)18-19-40(44)48-41)33-14-10-30(11-15-33)31-12-16-35(17-13-31)42-29-43(36-20-24-46-25-21-36)50-45(49-42)37-22-26-47-27-23-37/h1-30H;2*1-29H. The SMILES string of the molecule is c1ccc(-c2cc(-c3ccc(-c4ccc(-c5cc(-c6cccnc6)nc(-c6cccnc6)n5)cc4)cc3)c3c(ccc4ccccc43)n2)cc1.c1ccc(-c2cc(-c3ccc(-c4ccc(-c5cc(-c6ccncc6)nc(-c6ccncc6)n5)cc4)cc3)c3c(ccc4ccccc43)n2)cc1.c1ccc(-c2cc(-c3ccc(-c4ccc(-c5nc(-c6ccccc6)nc(-c6ccccc6)n5)cc4)cc3)c3c(ccc4ccccc43)n2)cc1. The molecule has 0 fully saturated rings. The van der Waals surface area contributed by atoms with Crippen molar-refractivity contribution in [2.45, 2.75) is 0 Å². The van der Waals surface area contributed by atoms with Crippen molar-refractivity contribution in [3.05, 3.63) is 535 Å². The van der Waals surface area contributed by atoms with Crippen LogP contribution in [0.4, 0.5) is 0 Å². The van der Waals surface area contributed by atoms with Crippen LogP contribution in [0.2, 0.25) is 0 Å². The Morgan fingerprint density at radius 2 is 0.340 bits per heavy atom. The smallest absolute Gasteiger partial charge is 0.164 e. The van der Waals surface area contributed by atoms with Crippen molar-refractivity contribution in [1.29, 1.82) is 0 Å². The number of rotatable bonds is 18. The van der Waals surface area contributed by atoms with Gasteiger partial charge in [0.15, 0.2) is 29.1 Å². The van der Waals surface area contributed by atoms with E-state index < -0.39 is 0 Å². The van der Waals surface area contributed by atoms with Crippen molar-refractivity contribution in [1.82, 2.24) is 69.8 Å². The van der Waals surface area contributed by atoms with E-state index in [2.05, 4.69) is 366 Å². The van der Waals surface area contributed by atoms with E-state index in [0.717, 1.165) is 173 Å². The maximum atomic E-state index is 5.11. The van der Waals surface area contributed by atoms with Gasteiger partial charge in [0.25, 0.3) is 0 Å². The van der Waals surface area contributed by atoms with E-state index >= 15 is 0 Å². The molecule has 0 radical (unpaired) electrons. The van der Waals surface area contributed by atoms with E-state index in [-0.39, 0.29) is 0 Å². The first-order valence-electron chi connectivity index (χ1n) is 49.8. The molecule has 27 aromatic rings. The van der Waals surface area contributed by atoms with Gasteiger partial charge in [0, 0.05) is 132 Å². The number of hydrogen-bond acceptors (Lipinski definition) is 14. The minimum absolute atomic E-state index is 0.626. The third-order valence-electron chi connectivity index (χ3n) is 27.3. The Morgan fingerprint density at radius 1 is 0.120 bits per heavy atom. The van der Waals surface area contributed by atoms with E-state index in [1.807, 2.05) is 146 Å². The molecule has 0 bridgehead atoms. The molecule has 17 aromatic carbocycles. The zero-order chi connectivity index (χ0) is 99.8. The van der Waals surface area contributed by atoms with Gasteiger partial charge in [-0.05, 0) is 196 Å². The van der Waals surface area contributed by atoms with Crippen LogP contribution in [-0.2, 0) is 0 Å². The highest BCUT2D eigenvalue weighted by atomic mass is 15.0. The summed E-state index contributed by atoms with van der Waals surface area (Å²) < 4.78 is 0. The Hall–Kier alpha value is -20.5. The lowest BCUT2D eigenvalue weighted by Crippen LogP contribution is -2.00. The molecule has 0 aliphatic carbocycles. The average Bonchev–Trinajstić information content (AvgIpc) is 0.754. The Kier molecular flexibility index (Phi) is 24.9. The number of pyridine rings is 7. The van der Waals surface area contributed by atoms with Crippen molar-refractivity contribution in [3.8, 4) is 203 Å². The fraction of sp³-hybridized carbons (Fsp3) is 0. The lowest BCUT2D eigenvalue weighted by molar-refractivity contribution is 1.07. The van der Waals surface area contributed by atoms with Gasteiger partial charge in [-0.3, -0.25) is 19.9 Å². The van der Waals surface area contributed by atoms with Crippen LogP contribution in [0, 0.1) is 0 Å². The van der Waals surface area contributed by atoms with Gasteiger partial charge in [-0.1, -0.05) is 388 Å². The molecular formula is C136H88N14. The number of hydrogen-bond donors (Lipinski definition) is 0. The monoisotopic (exact) mass is 1920 g/mol. The molecular weight excluding hydrogens is 1830 g/mol. The largest absolute Gasteiger partial charge is 0.265 e. The Labute approximate surface area is 866 Å². The second kappa shape index (κ2) is 41.1. The van der Waals surface area contributed by atoms with Crippen molar-refractivity contribution < 1.29 is 0 Å². The zero-order valence-corrected chi connectivity index (χ0v) is 81.1. The molecule has 150 heavy (non-hydrogen) atoms. The van der Waals surface area contributed by atoms with Crippen LogP contribution in [0.5, 0.6) is 0 Å². The first-order valence-corrected chi connectivity index (χ1v) is 49.8. The van der Waals surface area contributed by atoms with Gasteiger partial charge in [-0.15, -0.1) is 0 Å². The van der Waals surface area contributed by atoms with Crippen molar-refractivity contribution in [3.63, 3.8) is 0 Å². The van der Waals surface area contributed by atoms with Crippen LogP contribution in [0.3, 0.4) is 0 Å². The first kappa shape index (κ1) is 90.8. The van der Waals surface area contributed by atoms with E-state index in [0.29, 0.717) is 29.1 Å². The highest BCUT2D eigenvalue weighted by Crippen LogP contribution is 2.44. The first-order chi connectivity index (χ1) is 74.3. The maximum absolute atomic E-state index is 5.11. The topological polar surface area (TPSA) is 180 Å². The minimum atomic E-state index is 0.626. The Balaban J connectivity index is 0.000000116. The van der Waals surface area contributed by atoms with Gasteiger partial charge in [0.1, 0.15) is 0 Å².